The standard InChI is InChI=1S/C12H17ClO2S/c1-16-7-6-12(8-14,9-15)10-4-2-3-5-11(10)13/h2-5,14-15H,6-9H2,1H3. The van der Waals surface area contributed by atoms with Crippen LogP contribution in [0, 0.1) is 0 Å². The van der Waals surface area contributed by atoms with Gasteiger partial charge in [-0.15, -0.1) is 0 Å². The predicted molar refractivity (Wildman–Crippen MR) is 70.3 cm³/mol. The highest BCUT2D eigenvalue weighted by Gasteiger charge is 2.32. The molecular formula is C12H17ClO2S. The number of thioether (sulfide) groups is 1. The third-order valence-electron chi connectivity index (χ3n) is 2.84. The second-order valence-corrected chi connectivity index (χ2v) is 5.21. The van der Waals surface area contributed by atoms with E-state index in [0.717, 1.165) is 11.3 Å². The van der Waals surface area contributed by atoms with Crippen molar-refractivity contribution in [3.63, 3.8) is 0 Å². The number of halogens is 1. The van der Waals surface area contributed by atoms with Crippen LogP contribution in [0.3, 0.4) is 0 Å². The first-order valence-corrected chi connectivity index (χ1v) is 6.93. The minimum atomic E-state index is -0.624. The largest absolute Gasteiger partial charge is 0.395 e. The summed E-state index contributed by atoms with van der Waals surface area (Å²) < 4.78 is 0. The Morgan fingerprint density at radius 1 is 1.25 bits per heavy atom. The zero-order chi connectivity index (χ0) is 12.0. The van der Waals surface area contributed by atoms with Gasteiger partial charge in [-0.1, -0.05) is 29.8 Å². The van der Waals surface area contributed by atoms with E-state index in [0.29, 0.717) is 11.4 Å². The van der Waals surface area contributed by atoms with Crippen LogP contribution in [0.15, 0.2) is 24.3 Å². The van der Waals surface area contributed by atoms with E-state index in [1.165, 1.54) is 0 Å². The Morgan fingerprint density at radius 2 is 1.88 bits per heavy atom. The van der Waals surface area contributed by atoms with Crippen LogP contribution in [0.5, 0.6) is 0 Å². The Kier molecular flexibility index (Phi) is 5.62. The lowest BCUT2D eigenvalue weighted by atomic mass is 9.79. The van der Waals surface area contributed by atoms with Crippen molar-refractivity contribution in [3.8, 4) is 0 Å². The molecule has 0 radical (unpaired) electrons. The van der Waals surface area contributed by atoms with Gasteiger partial charge in [0.15, 0.2) is 0 Å². The normalized spacial score (nSPS) is 11.8. The summed E-state index contributed by atoms with van der Waals surface area (Å²) in [6.07, 6.45) is 2.72. The maximum Gasteiger partial charge on any atom is 0.0550 e. The first-order valence-electron chi connectivity index (χ1n) is 5.16. The van der Waals surface area contributed by atoms with Crippen molar-refractivity contribution in [3.05, 3.63) is 34.9 Å². The van der Waals surface area contributed by atoms with E-state index < -0.39 is 5.41 Å². The Labute approximate surface area is 106 Å². The molecule has 0 bridgehead atoms. The zero-order valence-corrected chi connectivity index (χ0v) is 10.9. The lowest BCUT2D eigenvalue weighted by Gasteiger charge is -2.31. The molecule has 2 N–H and O–H groups in total. The molecule has 1 aromatic carbocycles. The van der Waals surface area contributed by atoms with E-state index in [4.69, 9.17) is 11.6 Å². The van der Waals surface area contributed by atoms with Crippen LogP contribution >= 0.6 is 23.4 Å². The van der Waals surface area contributed by atoms with Crippen molar-refractivity contribution in [1.29, 1.82) is 0 Å². The summed E-state index contributed by atoms with van der Waals surface area (Å²) in [5.41, 5.74) is 0.206. The molecule has 0 spiro atoms. The van der Waals surface area contributed by atoms with Crippen molar-refractivity contribution in [2.45, 2.75) is 11.8 Å². The summed E-state index contributed by atoms with van der Waals surface area (Å²) in [7, 11) is 0. The molecule has 1 rings (SSSR count). The summed E-state index contributed by atoms with van der Waals surface area (Å²) in [5.74, 6) is 0.881. The quantitative estimate of drug-likeness (QED) is 0.825. The zero-order valence-electron chi connectivity index (χ0n) is 9.32. The lowest BCUT2D eigenvalue weighted by Crippen LogP contribution is -2.35. The highest BCUT2D eigenvalue weighted by molar-refractivity contribution is 7.98. The molecular weight excluding hydrogens is 244 g/mol. The van der Waals surface area contributed by atoms with Crippen molar-refractivity contribution in [1.82, 2.24) is 0 Å². The average Bonchev–Trinajstić information content (AvgIpc) is 2.33. The molecule has 1 aromatic rings. The third kappa shape index (κ3) is 2.92. The summed E-state index contributed by atoms with van der Waals surface area (Å²) >= 11 is 7.81. The molecule has 90 valence electrons. The highest BCUT2D eigenvalue weighted by Crippen LogP contribution is 2.33. The van der Waals surface area contributed by atoms with E-state index in [1.807, 2.05) is 24.5 Å². The van der Waals surface area contributed by atoms with E-state index in [2.05, 4.69) is 0 Å². The Balaban J connectivity index is 3.05. The maximum atomic E-state index is 9.55. The van der Waals surface area contributed by atoms with Gasteiger partial charge in [0.1, 0.15) is 0 Å². The van der Waals surface area contributed by atoms with Gasteiger partial charge in [0.25, 0.3) is 0 Å². The second-order valence-electron chi connectivity index (χ2n) is 3.82. The predicted octanol–water partition coefficient (Wildman–Crippen LogP) is 2.32. The van der Waals surface area contributed by atoms with E-state index in [1.54, 1.807) is 17.8 Å². The molecule has 0 aromatic heterocycles. The Hall–Kier alpha value is -0.220. The fraction of sp³-hybridized carbons (Fsp3) is 0.500. The van der Waals surface area contributed by atoms with Crippen LogP contribution in [0.4, 0.5) is 0 Å². The first-order chi connectivity index (χ1) is 7.70. The number of aliphatic hydroxyl groups excluding tert-OH is 2. The van der Waals surface area contributed by atoms with Crippen molar-refractivity contribution >= 4 is 23.4 Å². The smallest absolute Gasteiger partial charge is 0.0550 e. The molecule has 0 saturated heterocycles. The summed E-state index contributed by atoms with van der Waals surface area (Å²) in [6.45, 7) is -0.179. The van der Waals surface area contributed by atoms with Gasteiger partial charge in [-0.3, -0.25) is 0 Å². The number of hydrogen-bond acceptors (Lipinski definition) is 3. The molecule has 0 aliphatic rings. The second kappa shape index (κ2) is 6.50. The molecule has 2 nitrogen and oxygen atoms in total. The third-order valence-corrected chi connectivity index (χ3v) is 3.78. The minimum Gasteiger partial charge on any atom is -0.395 e. The molecule has 4 heteroatoms. The van der Waals surface area contributed by atoms with Gasteiger partial charge in [-0.25, -0.2) is 0 Å². The van der Waals surface area contributed by atoms with Crippen molar-refractivity contribution in [2.24, 2.45) is 0 Å². The van der Waals surface area contributed by atoms with Crippen LogP contribution in [-0.4, -0.2) is 35.4 Å². The topological polar surface area (TPSA) is 40.5 Å². The number of rotatable bonds is 6. The van der Waals surface area contributed by atoms with Gasteiger partial charge < -0.3 is 10.2 Å². The van der Waals surface area contributed by atoms with Gasteiger partial charge in [-0.2, -0.15) is 11.8 Å². The van der Waals surface area contributed by atoms with Gasteiger partial charge in [0, 0.05) is 10.4 Å². The molecule has 0 aliphatic carbocycles. The van der Waals surface area contributed by atoms with Crippen molar-refractivity contribution < 1.29 is 10.2 Å². The van der Waals surface area contributed by atoms with Crippen LogP contribution < -0.4 is 0 Å². The summed E-state index contributed by atoms with van der Waals surface area (Å²) in [4.78, 5) is 0. The first kappa shape index (κ1) is 13.8. The average molecular weight is 261 g/mol. The SMILES string of the molecule is CSCCC(CO)(CO)c1ccccc1Cl. The highest BCUT2D eigenvalue weighted by atomic mass is 35.5. The van der Waals surface area contributed by atoms with E-state index in [9.17, 15) is 10.2 Å². The number of benzene rings is 1. The fourth-order valence-electron chi connectivity index (χ4n) is 1.70. The fourth-order valence-corrected chi connectivity index (χ4v) is 2.63. The molecule has 0 unspecified atom stereocenters. The molecule has 0 atom stereocenters. The van der Waals surface area contributed by atoms with Gasteiger partial charge >= 0.3 is 0 Å². The van der Waals surface area contributed by atoms with Crippen LogP contribution in [0.25, 0.3) is 0 Å². The number of hydrogen-bond donors (Lipinski definition) is 2. The lowest BCUT2D eigenvalue weighted by molar-refractivity contribution is 0.114. The van der Waals surface area contributed by atoms with Gasteiger partial charge in [0.05, 0.1) is 13.2 Å². The monoisotopic (exact) mass is 260 g/mol. The number of aliphatic hydroxyl groups is 2. The Morgan fingerprint density at radius 3 is 2.38 bits per heavy atom. The minimum absolute atomic E-state index is 0.0895. The van der Waals surface area contributed by atoms with Gasteiger partial charge in [0.2, 0.25) is 0 Å². The molecule has 16 heavy (non-hydrogen) atoms. The van der Waals surface area contributed by atoms with Crippen LogP contribution in [0.2, 0.25) is 5.02 Å². The Bertz CT molecular complexity index is 327. The summed E-state index contributed by atoms with van der Waals surface area (Å²) in [5, 5.41) is 19.7. The van der Waals surface area contributed by atoms with Crippen LogP contribution in [-0.2, 0) is 5.41 Å². The molecule has 0 amide bonds. The molecule has 0 saturated carbocycles. The molecule has 0 aliphatic heterocycles. The summed E-state index contributed by atoms with van der Waals surface area (Å²) in [6, 6.07) is 7.38. The maximum absolute atomic E-state index is 9.55. The van der Waals surface area contributed by atoms with E-state index in [-0.39, 0.29) is 13.2 Å². The molecule has 0 heterocycles. The van der Waals surface area contributed by atoms with Gasteiger partial charge in [-0.05, 0) is 30.1 Å². The molecule has 0 fully saturated rings. The van der Waals surface area contributed by atoms with Crippen molar-refractivity contribution in [2.75, 3.05) is 25.2 Å². The van der Waals surface area contributed by atoms with Crippen LogP contribution in [0.1, 0.15) is 12.0 Å². The van der Waals surface area contributed by atoms with E-state index >= 15 is 0 Å².